The molecule has 2 unspecified atom stereocenters. The highest BCUT2D eigenvalue weighted by atomic mass is 16.5. The van der Waals surface area contributed by atoms with Gasteiger partial charge in [-0.15, -0.1) is 0 Å². The molecule has 20 heavy (non-hydrogen) atoms. The first-order valence-electron chi connectivity index (χ1n) is 7.47. The molecule has 1 aliphatic rings. The molecule has 4 heteroatoms. The third-order valence-corrected chi connectivity index (χ3v) is 3.75. The fraction of sp³-hybridized carbons (Fsp3) is 0.625. The van der Waals surface area contributed by atoms with Crippen LogP contribution in [0.1, 0.15) is 38.2 Å². The van der Waals surface area contributed by atoms with Gasteiger partial charge >= 0.3 is 0 Å². The van der Waals surface area contributed by atoms with E-state index < -0.39 is 0 Å². The third kappa shape index (κ3) is 3.87. The Kier molecular flexibility index (Phi) is 5.68. The number of rotatable bonds is 6. The molecule has 2 atom stereocenters. The van der Waals surface area contributed by atoms with Gasteiger partial charge < -0.3 is 19.9 Å². The number of nitrogens with one attached hydrogen (secondary N) is 1. The van der Waals surface area contributed by atoms with E-state index in [0.717, 1.165) is 50.3 Å². The molecule has 1 saturated carbocycles. The maximum absolute atomic E-state index is 9.99. The van der Waals surface area contributed by atoms with Gasteiger partial charge in [-0.25, -0.2) is 0 Å². The Hall–Kier alpha value is -1.26. The predicted octanol–water partition coefficient (Wildman–Crippen LogP) is 2.49. The Morgan fingerprint density at radius 3 is 2.75 bits per heavy atom. The van der Waals surface area contributed by atoms with Crippen LogP contribution in [-0.2, 0) is 6.54 Å². The van der Waals surface area contributed by atoms with Crippen LogP contribution in [0.2, 0.25) is 0 Å². The Labute approximate surface area is 121 Å². The zero-order valence-electron chi connectivity index (χ0n) is 12.4. The minimum atomic E-state index is -0.366. The summed E-state index contributed by atoms with van der Waals surface area (Å²) in [6, 6.07) is 5.97. The molecule has 4 nitrogen and oxygen atoms in total. The van der Waals surface area contributed by atoms with Gasteiger partial charge in [-0.1, -0.05) is 19.4 Å². The zero-order valence-corrected chi connectivity index (χ0v) is 12.4. The Morgan fingerprint density at radius 2 is 2.05 bits per heavy atom. The van der Waals surface area contributed by atoms with Gasteiger partial charge in [0, 0.05) is 6.54 Å². The van der Waals surface area contributed by atoms with Crippen LogP contribution in [-0.4, -0.2) is 31.0 Å². The van der Waals surface area contributed by atoms with Crippen LogP contribution >= 0.6 is 0 Å². The first kappa shape index (κ1) is 15.1. The van der Waals surface area contributed by atoms with Gasteiger partial charge in [-0.2, -0.15) is 0 Å². The van der Waals surface area contributed by atoms with E-state index >= 15 is 0 Å². The topological polar surface area (TPSA) is 50.7 Å². The van der Waals surface area contributed by atoms with Crippen LogP contribution in [0.25, 0.3) is 0 Å². The Morgan fingerprint density at radius 1 is 1.25 bits per heavy atom. The molecule has 1 fully saturated rings. The van der Waals surface area contributed by atoms with Crippen LogP contribution < -0.4 is 14.8 Å². The molecule has 0 heterocycles. The molecule has 1 aromatic carbocycles. The molecule has 0 spiro atoms. The van der Waals surface area contributed by atoms with E-state index in [1.807, 2.05) is 18.2 Å². The summed E-state index contributed by atoms with van der Waals surface area (Å²) in [7, 11) is 1.65. The molecule has 0 aromatic heterocycles. The molecule has 1 aromatic rings. The van der Waals surface area contributed by atoms with E-state index in [1.165, 1.54) is 5.56 Å². The molecule has 0 saturated heterocycles. The number of hydrogen-bond donors (Lipinski definition) is 2. The first-order valence-corrected chi connectivity index (χ1v) is 7.47. The molecule has 2 rings (SSSR count). The standard InChI is InChI=1S/C16H25NO3/c1-3-17-11-12-8-9-15(16(10-12)19-2)20-14-7-5-4-6-13(14)18/h8-10,13-14,17-18H,3-7,11H2,1-2H3. The zero-order chi connectivity index (χ0) is 14.4. The van der Waals surface area contributed by atoms with Gasteiger partial charge in [0.1, 0.15) is 6.10 Å². The van der Waals surface area contributed by atoms with Crippen molar-refractivity contribution >= 4 is 0 Å². The lowest BCUT2D eigenvalue weighted by Crippen LogP contribution is -2.34. The molecule has 0 radical (unpaired) electrons. The van der Waals surface area contributed by atoms with E-state index in [4.69, 9.17) is 9.47 Å². The van der Waals surface area contributed by atoms with Crippen LogP contribution in [0.15, 0.2) is 18.2 Å². The molecule has 0 amide bonds. The molecule has 0 aliphatic heterocycles. The van der Waals surface area contributed by atoms with E-state index in [-0.39, 0.29) is 12.2 Å². The van der Waals surface area contributed by atoms with Crippen molar-refractivity contribution in [2.24, 2.45) is 0 Å². The van der Waals surface area contributed by atoms with Crippen molar-refractivity contribution in [1.29, 1.82) is 0 Å². The highest BCUT2D eigenvalue weighted by Crippen LogP contribution is 2.32. The lowest BCUT2D eigenvalue weighted by molar-refractivity contribution is 0.00567. The van der Waals surface area contributed by atoms with Gasteiger partial charge in [0.15, 0.2) is 11.5 Å². The average Bonchev–Trinajstić information content (AvgIpc) is 2.48. The number of ether oxygens (including phenoxy) is 2. The van der Waals surface area contributed by atoms with Crippen molar-refractivity contribution in [3.63, 3.8) is 0 Å². The van der Waals surface area contributed by atoms with Gasteiger partial charge in [0.25, 0.3) is 0 Å². The predicted molar refractivity (Wildman–Crippen MR) is 79.3 cm³/mol. The molecule has 0 bridgehead atoms. The van der Waals surface area contributed by atoms with Gasteiger partial charge in [-0.3, -0.25) is 0 Å². The highest BCUT2D eigenvalue weighted by Gasteiger charge is 2.25. The molecular formula is C16H25NO3. The van der Waals surface area contributed by atoms with Crippen molar-refractivity contribution in [2.75, 3.05) is 13.7 Å². The highest BCUT2D eigenvalue weighted by molar-refractivity contribution is 5.43. The SMILES string of the molecule is CCNCc1ccc(OC2CCCCC2O)c(OC)c1. The summed E-state index contributed by atoms with van der Waals surface area (Å²) in [6.07, 6.45) is 3.45. The van der Waals surface area contributed by atoms with Crippen molar-refractivity contribution in [3.8, 4) is 11.5 Å². The maximum Gasteiger partial charge on any atom is 0.161 e. The summed E-state index contributed by atoms with van der Waals surface area (Å²) in [4.78, 5) is 0. The van der Waals surface area contributed by atoms with E-state index in [9.17, 15) is 5.11 Å². The Bertz CT molecular complexity index is 422. The maximum atomic E-state index is 9.99. The van der Waals surface area contributed by atoms with Crippen molar-refractivity contribution in [3.05, 3.63) is 23.8 Å². The summed E-state index contributed by atoms with van der Waals surface area (Å²) in [5, 5.41) is 13.3. The lowest BCUT2D eigenvalue weighted by atomic mass is 9.95. The van der Waals surface area contributed by atoms with Crippen LogP contribution in [0, 0.1) is 0 Å². The fourth-order valence-corrected chi connectivity index (χ4v) is 2.57. The molecular weight excluding hydrogens is 254 g/mol. The van der Waals surface area contributed by atoms with Crippen molar-refractivity contribution < 1.29 is 14.6 Å². The monoisotopic (exact) mass is 279 g/mol. The molecule has 112 valence electrons. The third-order valence-electron chi connectivity index (χ3n) is 3.75. The second-order valence-corrected chi connectivity index (χ2v) is 5.27. The number of benzene rings is 1. The van der Waals surface area contributed by atoms with Crippen LogP contribution in [0.3, 0.4) is 0 Å². The molecule has 2 N–H and O–H groups in total. The molecule has 1 aliphatic carbocycles. The van der Waals surface area contributed by atoms with E-state index in [1.54, 1.807) is 7.11 Å². The summed E-state index contributed by atoms with van der Waals surface area (Å²) < 4.78 is 11.4. The number of aliphatic hydroxyl groups excluding tert-OH is 1. The summed E-state index contributed by atoms with van der Waals surface area (Å²) in [6.45, 7) is 3.84. The smallest absolute Gasteiger partial charge is 0.161 e. The van der Waals surface area contributed by atoms with E-state index in [0.29, 0.717) is 0 Å². The second-order valence-electron chi connectivity index (χ2n) is 5.27. The first-order chi connectivity index (χ1) is 9.74. The normalized spacial score (nSPS) is 22.6. The fourth-order valence-electron chi connectivity index (χ4n) is 2.57. The van der Waals surface area contributed by atoms with E-state index in [2.05, 4.69) is 12.2 Å². The lowest BCUT2D eigenvalue weighted by Gasteiger charge is -2.28. The summed E-state index contributed by atoms with van der Waals surface area (Å²) >= 11 is 0. The quantitative estimate of drug-likeness (QED) is 0.840. The number of hydrogen-bond acceptors (Lipinski definition) is 4. The summed E-state index contributed by atoms with van der Waals surface area (Å²) in [5.74, 6) is 1.46. The number of methoxy groups -OCH3 is 1. The summed E-state index contributed by atoms with van der Waals surface area (Å²) in [5.41, 5.74) is 1.17. The Balaban J connectivity index is 2.06. The number of aliphatic hydroxyl groups is 1. The minimum absolute atomic E-state index is 0.114. The largest absolute Gasteiger partial charge is 0.493 e. The van der Waals surface area contributed by atoms with Gasteiger partial charge in [-0.05, 0) is 43.5 Å². The van der Waals surface area contributed by atoms with Gasteiger partial charge in [0.2, 0.25) is 0 Å². The van der Waals surface area contributed by atoms with Crippen molar-refractivity contribution in [2.45, 2.75) is 51.4 Å². The van der Waals surface area contributed by atoms with Crippen LogP contribution in [0.4, 0.5) is 0 Å². The van der Waals surface area contributed by atoms with Gasteiger partial charge in [0.05, 0.1) is 13.2 Å². The van der Waals surface area contributed by atoms with Crippen LogP contribution in [0.5, 0.6) is 11.5 Å². The van der Waals surface area contributed by atoms with Crippen molar-refractivity contribution in [1.82, 2.24) is 5.32 Å². The second kappa shape index (κ2) is 7.50. The minimum Gasteiger partial charge on any atom is -0.493 e. The average molecular weight is 279 g/mol.